The van der Waals surface area contributed by atoms with Crippen LogP contribution in [0.15, 0.2) is 42.5 Å². The molecule has 2 aromatic carbocycles. The number of benzene rings is 2. The van der Waals surface area contributed by atoms with E-state index in [1.54, 1.807) is 36.4 Å². The van der Waals surface area contributed by atoms with Crippen molar-refractivity contribution < 1.29 is 33.4 Å². The highest BCUT2D eigenvalue weighted by molar-refractivity contribution is 6.24. The number of amides is 2. The monoisotopic (exact) mass is 494 g/mol. The Morgan fingerprint density at radius 1 is 1.00 bits per heavy atom. The maximum Gasteiger partial charge on any atom is 0.326 e. The SMILES string of the molecule is CCC[C@]1(C(=O)OC)N[C@H](c2ccc(OC)c(OC)c2)[C@@H]2C(=O)N(c3cccc(C(C)=O)c3)C(=O)[C@H]21. The number of imide groups is 1. The number of ketones is 1. The average molecular weight is 495 g/mol. The number of ether oxygens (including phenoxy) is 3. The normalized spacial score (nSPS) is 25.0. The zero-order valence-electron chi connectivity index (χ0n) is 21.0. The van der Waals surface area contributed by atoms with Crippen molar-refractivity contribution >= 4 is 29.3 Å². The van der Waals surface area contributed by atoms with Crippen LogP contribution in [0.2, 0.25) is 0 Å². The Balaban J connectivity index is 1.88. The summed E-state index contributed by atoms with van der Waals surface area (Å²) in [5, 5.41) is 3.33. The van der Waals surface area contributed by atoms with Crippen LogP contribution in [0.25, 0.3) is 0 Å². The number of carbonyl (C=O) groups excluding carboxylic acids is 4. The molecule has 2 amide bonds. The van der Waals surface area contributed by atoms with Gasteiger partial charge in [0, 0.05) is 11.6 Å². The number of carbonyl (C=O) groups is 4. The fraction of sp³-hybridized carbons (Fsp3) is 0.407. The molecule has 190 valence electrons. The summed E-state index contributed by atoms with van der Waals surface area (Å²) >= 11 is 0. The van der Waals surface area contributed by atoms with Gasteiger partial charge in [-0.15, -0.1) is 0 Å². The molecule has 9 heteroatoms. The predicted molar refractivity (Wildman–Crippen MR) is 131 cm³/mol. The number of Topliss-reactive ketones (excluding diaryl/α,β-unsaturated/α-hetero) is 1. The van der Waals surface area contributed by atoms with Gasteiger partial charge in [0.1, 0.15) is 5.54 Å². The molecule has 0 unspecified atom stereocenters. The van der Waals surface area contributed by atoms with Gasteiger partial charge in [-0.25, -0.2) is 4.90 Å². The first-order chi connectivity index (χ1) is 17.2. The minimum Gasteiger partial charge on any atom is -0.493 e. The second kappa shape index (κ2) is 9.73. The molecule has 9 nitrogen and oxygen atoms in total. The second-order valence-corrected chi connectivity index (χ2v) is 9.07. The Hall–Kier alpha value is -3.72. The van der Waals surface area contributed by atoms with Crippen LogP contribution in [0.1, 0.15) is 48.7 Å². The molecule has 1 N–H and O–H groups in total. The smallest absolute Gasteiger partial charge is 0.326 e. The first-order valence-electron chi connectivity index (χ1n) is 11.8. The first kappa shape index (κ1) is 25.4. The number of nitrogens with one attached hydrogen (secondary N) is 1. The van der Waals surface area contributed by atoms with E-state index in [1.807, 2.05) is 6.92 Å². The van der Waals surface area contributed by atoms with E-state index in [-0.39, 0.29) is 5.78 Å². The summed E-state index contributed by atoms with van der Waals surface area (Å²) in [6, 6.07) is 11.0. The van der Waals surface area contributed by atoms with Gasteiger partial charge in [-0.1, -0.05) is 31.5 Å². The third-order valence-electron chi connectivity index (χ3n) is 7.13. The molecule has 2 aromatic rings. The number of nitrogens with zero attached hydrogens (tertiary/aromatic N) is 1. The summed E-state index contributed by atoms with van der Waals surface area (Å²) < 4.78 is 16.0. The van der Waals surface area contributed by atoms with Crippen molar-refractivity contribution in [2.75, 3.05) is 26.2 Å². The summed E-state index contributed by atoms with van der Waals surface area (Å²) in [6.07, 6.45) is 0.871. The van der Waals surface area contributed by atoms with Crippen LogP contribution < -0.4 is 19.7 Å². The number of anilines is 1. The third-order valence-corrected chi connectivity index (χ3v) is 7.13. The van der Waals surface area contributed by atoms with Gasteiger partial charge in [0.15, 0.2) is 17.3 Å². The van der Waals surface area contributed by atoms with Gasteiger partial charge >= 0.3 is 5.97 Å². The van der Waals surface area contributed by atoms with Gasteiger partial charge in [-0.2, -0.15) is 0 Å². The van der Waals surface area contributed by atoms with Crippen LogP contribution in [0.4, 0.5) is 5.69 Å². The van der Waals surface area contributed by atoms with E-state index in [4.69, 9.17) is 14.2 Å². The van der Waals surface area contributed by atoms with E-state index in [1.165, 1.54) is 34.3 Å². The molecule has 2 fully saturated rings. The molecular formula is C27H30N2O7. The average Bonchev–Trinajstić information content (AvgIpc) is 3.37. The number of methoxy groups -OCH3 is 3. The van der Waals surface area contributed by atoms with Gasteiger partial charge in [0.2, 0.25) is 11.8 Å². The lowest BCUT2D eigenvalue weighted by Gasteiger charge is -2.32. The van der Waals surface area contributed by atoms with E-state index < -0.39 is 41.2 Å². The third kappa shape index (κ3) is 3.83. The van der Waals surface area contributed by atoms with E-state index in [9.17, 15) is 19.2 Å². The molecule has 4 atom stereocenters. The number of rotatable bonds is 8. The Kier molecular flexibility index (Phi) is 6.86. The first-order valence-corrected chi connectivity index (χ1v) is 11.8. The molecule has 2 heterocycles. The van der Waals surface area contributed by atoms with Crippen molar-refractivity contribution in [3.63, 3.8) is 0 Å². The van der Waals surface area contributed by atoms with Gasteiger partial charge in [-0.05, 0) is 43.2 Å². The Morgan fingerprint density at radius 2 is 1.72 bits per heavy atom. The maximum absolute atomic E-state index is 13.9. The molecular weight excluding hydrogens is 464 g/mol. The van der Waals surface area contributed by atoms with E-state index in [2.05, 4.69) is 5.32 Å². The molecule has 0 aromatic heterocycles. The molecule has 36 heavy (non-hydrogen) atoms. The van der Waals surface area contributed by atoms with Crippen LogP contribution in [-0.2, 0) is 19.1 Å². The Morgan fingerprint density at radius 3 is 2.33 bits per heavy atom. The lowest BCUT2D eigenvalue weighted by Crippen LogP contribution is -2.56. The highest BCUT2D eigenvalue weighted by atomic mass is 16.5. The number of hydrogen-bond donors (Lipinski definition) is 1. The molecule has 0 radical (unpaired) electrons. The zero-order chi connectivity index (χ0) is 26.2. The largest absolute Gasteiger partial charge is 0.493 e. The summed E-state index contributed by atoms with van der Waals surface area (Å²) in [4.78, 5) is 54.1. The van der Waals surface area contributed by atoms with Crippen molar-refractivity contribution in [2.45, 2.75) is 38.3 Å². The highest BCUT2D eigenvalue weighted by Gasteiger charge is 2.68. The second-order valence-electron chi connectivity index (χ2n) is 9.07. The predicted octanol–water partition coefficient (Wildman–Crippen LogP) is 3.07. The van der Waals surface area contributed by atoms with E-state index >= 15 is 0 Å². The van der Waals surface area contributed by atoms with Crippen LogP contribution >= 0.6 is 0 Å². The number of fused-ring (bicyclic) bond motifs is 1. The lowest BCUT2D eigenvalue weighted by atomic mass is 9.77. The number of hydrogen-bond acceptors (Lipinski definition) is 8. The van der Waals surface area contributed by atoms with Gasteiger partial charge in [-0.3, -0.25) is 24.5 Å². The minimum atomic E-state index is -1.40. The topological polar surface area (TPSA) is 111 Å². The molecule has 0 saturated carbocycles. The fourth-order valence-corrected chi connectivity index (χ4v) is 5.55. The summed E-state index contributed by atoms with van der Waals surface area (Å²) in [7, 11) is 4.31. The van der Waals surface area contributed by atoms with Gasteiger partial charge in [0.25, 0.3) is 0 Å². The quantitative estimate of drug-likeness (QED) is 0.339. The number of esters is 1. The van der Waals surface area contributed by atoms with Crippen LogP contribution in [0, 0.1) is 11.8 Å². The molecule has 2 saturated heterocycles. The van der Waals surface area contributed by atoms with Crippen molar-refractivity contribution in [1.29, 1.82) is 0 Å². The van der Waals surface area contributed by atoms with Crippen molar-refractivity contribution in [3.8, 4) is 11.5 Å². The van der Waals surface area contributed by atoms with Crippen molar-refractivity contribution in [1.82, 2.24) is 5.32 Å². The zero-order valence-corrected chi connectivity index (χ0v) is 21.0. The lowest BCUT2D eigenvalue weighted by molar-refractivity contribution is -0.152. The summed E-state index contributed by atoms with van der Waals surface area (Å²) in [5.74, 6) is -2.61. The summed E-state index contributed by atoms with van der Waals surface area (Å²) in [6.45, 7) is 3.32. The molecule has 0 spiro atoms. The molecule has 2 aliphatic rings. The summed E-state index contributed by atoms with van der Waals surface area (Å²) in [5.41, 5.74) is -0.0444. The van der Waals surface area contributed by atoms with E-state index in [0.717, 1.165) is 4.90 Å². The maximum atomic E-state index is 13.9. The van der Waals surface area contributed by atoms with E-state index in [0.29, 0.717) is 41.2 Å². The molecule has 4 rings (SSSR count). The molecule has 0 bridgehead atoms. The van der Waals surface area contributed by atoms with Crippen molar-refractivity contribution in [3.05, 3.63) is 53.6 Å². The van der Waals surface area contributed by atoms with Gasteiger partial charge < -0.3 is 14.2 Å². The van der Waals surface area contributed by atoms with Crippen LogP contribution in [0.5, 0.6) is 11.5 Å². The van der Waals surface area contributed by atoms with Crippen molar-refractivity contribution in [2.24, 2.45) is 11.8 Å². The van der Waals surface area contributed by atoms with Crippen LogP contribution in [0.3, 0.4) is 0 Å². The standard InChI is InChI=1S/C27H30N2O7/c1-6-12-27(26(33)36-5)22-21(23(28-27)17-10-11-19(34-3)20(14-17)35-4)24(31)29(25(22)32)18-9-7-8-16(13-18)15(2)30/h7-11,13-14,21-23,28H,6,12H2,1-5H3/t21-,22+,23-,27+/m1/s1. The molecule has 0 aliphatic carbocycles. The highest BCUT2D eigenvalue weighted by Crippen LogP contribution is 2.52. The minimum absolute atomic E-state index is 0.184. The van der Waals surface area contributed by atoms with Gasteiger partial charge in [0.05, 0.1) is 38.9 Å². The fourth-order valence-electron chi connectivity index (χ4n) is 5.55. The molecule has 2 aliphatic heterocycles. The van der Waals surface area contributed by atoms with Crippen LogP contribution in [-0.4, -0.2) is 50.4 Å². The Bertz CT molecular complexity index is 1230. The Labute approximate surface area is 209 Å².